The minimum absolute atomic E-state index is 0.176. The first-order chi connectivity index (χ1) is 11.0. The summed E-state index contributed by atoms with van der Waals surface area (Å²) in [6.45, 7) is 4.44. The maximum absolute atomic E-state index is 12.4. The van der Waals surface area contributed by atoms with Crippen LogP contribution in [-0.4, -0.2) is 29.4 Å². The van der Waals surface area contributed by atoms with Gasteiger partial charge in [0.15, 0.2) is 0 Å². The highest BCUT2D eigenvalue weighted by molar-refractivity contribution is 7.89. The third kappa shape index (κ3) is 4.61. The summed E-state index contributed by atoms with van der Waals surface area (Å²) in [6, 6.07) is 6.58. The van der Waals surface area contributed by atoms with Gasteiger partial charge in [-0.2, -0.15) is 8.42 Å². The molecule has 122 valence electrons. The van der Waals surface area contributed by atoms with Gasteiger partial charge in [-0.1, -0.05) is 47.2 Å². The Morgan fingerprint density at radius 1 is 1.22 bits per heavy atom. The van der Waals surface area contributed by atoms with E-state index in [4.69, 9.17) is 4.74 Å². The molecule has 1 aromatic carbocycles. The summed E-state index contributed by atoms with van der Waals surface area (Å²) in [4.78, 5) is 0.176. The van der Waals surface area contributed by atoms with Crippen LogP contribution in [0.15, 0.2) is 59.7 Å². The predicted molar refractivity (Wildman–Crippen MR) is 87.4 cm³/mol. The lowest BCUT2D eigenvalue weighted by Gasteiger charge is -2.03. The quantitative estimate of drug-likeness (QED) is 0.575. The highest BCUT2D eigenvalue weighted by Crippen LogP contribution is 2.13. The van der Waals surface area contributed by atoms with E-state index in [1.807, 2.05) is 38.2 Å². The Labute approximate surface area is 136 Å². The van der Waals surface area contributed by atoms with Gasteiger partial charge >= 0.3 is 0 Å². The Hall–Kier alpha value is -2.25. The van der Waals surface area contributed by atoms with Crippen molar-refractivity contribution in [3.05, 3.63) is 66.0 Å². The van der Waals surface area contributed by atoms with Crippen LogP contribution in [0, 0.1) is 6.92 Å². The lowest BCUT2D eigenvalue weighted by Crippen LogP contribution is -2.13. The second kappa shape index (κ2) is 7.85. The molecule has 0 aliphatic carbocycles. The minimum atomic E-state index is -3.71. The number of allylic oxidation sites excluding steroid dienone is 3. The molecule has 2 rings (SSSR count). The van der Waals surface area contributed by atoms with Crippen LogP contribution in [0.3, 0.4) is 0 Å². The molecule has 0 N–H and O–H groups in total. The van der Waals surface area contributed by atoms with Gasteiger partial charge in [-0.15, -0.1) is 9.19 Å². The Bertz CT molecular complexity index is 790. The fourth-order valence-electron chi connectivity index (χ4n) is 1.76. The van der Waals surface area contributed by atoms with E-state index >= 15 is 0 Å². The van der Waals surface area contributed by atoms with Gasteiger partial charge in [0.2, 0.25) is 0 Å². The van der Waals surface area contributed by atoms with Gasteiger partial charge in [-0.3, -0.25) is 0 Å². The number of benzene rings is 1. The van der Waals surface area contributed by atoms with Crippen LogP contribution in [0.1, 0.15) is 18.2 Å². The van der Waals surface area contributed by atoms with Crippen molar-refractivity contribution in [2.45, 2.75) is 25.3 Å². The van der Waals surface area contributed by atoms with Crippen molar-refractivity contribution in [2.24, 2.45) is 0 Å². The summed E-state index contributed by atoms with van der Waals surface area (Å²) < 4.78 is 31.1. The fourth-order valence-corrected chi connectivity index (χ4v) is 2.85. The summed E-state index contributed by atoms with van der Waals surface area (Å²) in [5, 5.41) is 7.51. The zero-order valence-electron chi connectivity index (χ0n) is 13.1. The lowest BCUT2D eigenvalue weighted by molar-refractivity contribution is 0.145. The average Bonchev–Trinajstić information content (AvgIpc) is 3.01. The zero-order valence-corrected chi connectivity index (χ0v) is 13.9. The van der Waals surface area contributed by atoms with E-state index in [1.165, 1.54) is 6.20 Å². The molecule has 0 aliphatic rings. The molecule has 7 heteroatoms. The first-order valence-electron chi connectivity index (χ1n) is 7.13. The summed E-state index contributed by atoms with van der Waals surface area (Å²) in [5.74, 6) is 0. The minimum Gasteiger partial charge on any atom is -0.371 e. The molecule has 2 aromatic rings. The van der Waals surface area contributed by atoms with Gasteiger partial charge in [0.25, 0.3) is 10.0 Å². The van der Waals surface area contributed by atoms with Crippen molar-refractivity contribution in [1.29, 1.82) is 0 Å². The Morgan fingerprint density at radius 3 is 2.65 bits per heavy atom. The van der Waals surface area contributed by atoms with Crippen LogP contribution in [0.25, 0.3) is 0 Å². The molecule has 0 spiro atoms. The lowest BCUT2D eigenvalue weighted by atomic mass is 10.2. The van der Waals surface area contributed by atoms with Crippen molar-refractivity contribution in [2.75, 3.05) is 6.61 Å². The third-order valence-corrected chi connectivity index (χ3v) is 4.53. The Balaban J connectivity index is 2.02. The maximum atomic E-state index is 12.4. The van der Waals surface area contributed by atoms with Crippen LogP contribution < -0.4 is 0 Å². The summed E-state index contributed by atoms with van der Waals surface area (Å²) in [7, 11) is -3.71. The molecule has 0 amide bonds. The monoisotopic (exact) mass is 333 g/mol. The van der Waals surface area contributed by atoms with E-state index in [1.54, 1.807) is 24.3 Å². The highest BCUT2D eigenvalue weighted by atomic mass is 32.2. The molecule has 0 radical (unpaired) electrons. The van der Waals surface area contributed by atoms with Crippen LogP contribution in [0.2, 0.25) is 0 Å². The molecule has 0 bridgehead atoms. The number of ether oxygens (including phenoxy) is 1. The van der Waals surface area contributed by atoms with Crippen molar-refractivity contribution in [3.8, 4) is 0 Å². The van der Waals surface area contributed by atoms with Gasteiger partial charge in [0, 0.05) is 0 Å². The first-order valence-corrected chi connectivity index (χ1v) is 8.57. The van der Waals surface area contributed by atoms with Gasteiger partial charge in [-0.25, -0.2) is 0 Å². The molecule has 0 fully saturated rings. The highest BCUT2D eigenvalue weighted by Gasteiger charge is 2.18. The Kier molecular flexibility index (Phi) is 5.84. The molecule has 0 saturated carbocycles. The summed E-state index contributed by atoms with van der Waals surface area (Å²) in [6.07, 6.45) is 8.91. The van der Waals surface area contributed by atoms with E-state index in [9.17, 15) is 8.42 Å². The van der Waals surface area contributed by atoms with Crippen LogP contribution in [-0.2, 0) is 21.4 Å². The van der Waals surface area contributed by atoms with Crippen LogP contribution in [0.4, 0.5) is 0 Å². The molecule has 0 unspecified atom stereocenters. The Morgan fingerprint density at radius 2 is 1.96 bits per heavy atom. The topological polar surface area (TPSA) is 74.1 Å². The standard InChI is InChI=1S/C16H19N3O3S/c1-3-4-5-6-11-22-13-15-12-19(18-17-15)23(20,21)16-9-7-14(2)8-10-16/h3-10,12H,11,13H2,1-2H3/b4-3+,6-5+. The number of nitrogens with zero attached hydrogens (tertiary/aromatic N) is 3. The molecule has 0 aliphatic heterocycles. The zero-order chi connectivity index (χ0) is 16.7. The van der Waals surface area contributed by atoms with Crippen molar-refractivity contribution >= 4 is 10.0 Å². The third-order valence-electron chi connectivity index (χ3n) is 2.99. The number of aromatic nitrogens is 3. The fraction of sp³-hybridized carbons (Fsp3) is 0.250. The number of hydrogen-bond acceptors (Lipinski definition) is 5. The molecule has 1 aromatic heterocycles. The number of hydrogen-bond donors (Lipinski definition) is 0. The molecule has 6 nitrogen and oxygen atoms in total. The van der Waals surface area contributed by atoms with E-state index in [-0.39, 0.29) is 11.5 Å². The van der Waals surface area contributed by atoms with Gasteiger partial charge in [0.1, 0.15) is 5.69 Å². The van der Waals surface area contributed by atoms with Gasteiger partial charge in [-0.05, 0) is 26.0 Å². The van der Waals surface area contributed by atoms with E-state index in [0.29, 0.717) is 12.3 Å². The summed E-state index contributed by atoms with van der Waals surface area (Å²) in [5.41, 5.74) is 1.45. The largest absolute Gasteiger partial charge is 0.371 e. The van der Waals surface area contributed by atoms with Crippen molar-refractivity contribution < 1.29 is 13.2 Å². The first kappa shape index (κ1) is 17.1. The smallest absolute Gasteiger partial charge is 0.284 e. The normalized spacial score (nSPS) is 12.4. The van der Waals surface area contributed by atoms with Crippen LogP contribution >= 0.6 is 0 Å². The second-order valence-corrected chi connectivity index (χ2v) is 6.67. The van der Waals surface area contributed by atoms with E-state index < -0.39 is 10.0 Å². The second-order valence-electron chi connectivity index (χ2n) is 4.87. The SMILES string of the molecule is C/C=C/C=C/COCc1cn(S(=O)(=O)c2ccc(C)cc2)nn1. The molecular weight excluding hydrogens is 314 g/mol. The van der Waals surface area contributed by atoms with Crippen molar-refractivity contribution in [3.63, 3.8) is 0 Å². The van der Waals surface area contributed by atoms with E-state index in [2.05, 4.69) is 10.3 Å². The predicted octanol–water partition coefficient (Wildman–Crippen LogP) is 2.47. The van der Waals surface area contributed by atoms with Gasteiger partial charge in [0.05, 0.1) is 24.3 Å². The average molecular weight is 333 g/mol. The van der Waals surface area contributed by atoms with Crippen LogP contribution in [0.5, 0.6) is 0 Å². The molecular formula is C16H19N3O3S. The van der Waals surface area contributed by atoms with E-state index in [0.717, 1.165) is 9.65 Å². The maximum Gasteiger partial charge on any atom is 0.284 e. The molecule has 0 atom stereocenters. The van der Waals surface area contributed by atoms with Gasteiger partial charge < -0.3 is 4.74 Å². The molecule has 0 saturated heterocycles. The number of rotatable bonds is 7. The number of aryl methyl sites for hydroxylation is 1. The van der Waals surface area contributed by atoms with Crippen molar-refractivity contribution in [1.82, 2.24) is 14.4 Å². The summed E-state index contributed by atoms with van der Waals surface area (Å²) >= 11 is 0. The molecule has 1 heterocycles. The molecule has 23 heavy (non-hydrogen) atoms.